The van der Waals surface area contributed by atoms with Crippen LogP contribution in [-0.4, -0.2) is 54.6 Å². The van der Waals surface area contributed by atoms with E-state index in [0.717, 1.165) is 13.0 Å². The van der Waals surface area contributed by atoms with E-state index in [9.17, 15) is 4.79 Å². The summed E-state index contributed by atoms with van der Waals surface area (Å²) in [6, 6.07) is 0. The Morgan fingerprint density at radius 1 is 1.47 bits per heavy atom. The highest BCUT2D eigenvalue weighted by Gasteiger charge is 2.29. The molecule has 0 aromatic rings. The molecular formula is C12H23NO4. The molecule has 1 rings (SSSR count). The molecule has 0 aromatic heterocycles. The summed E-state index contributed by atoms with van der Waals surface area (Å²) < 4.78 is 10.6. The molecule has 0 aliphatic carbocycles. The van der Waals surface area contributed by atoms with Crippen LogP contribution in [-0.2, 0) is 9.47 Å². The third-order valence-electron chi connectivity index (χ3n) is 2.53. The van der Waals surface area contributed by atoms with Gasteiger partial charge in [0.15, 0.2) is 0 Å². The Bertz CT molecular complexity index is 249. The molecule has 1 heterocycles. The molecule has 100 valence electrons. The number of hydrogen-bond acceptors (Lipinski definition) is 4. The minimum Gasteiger partial charge on any atom is -0.444 e. The van der Waals surface area contributed by atoms with Gasteiger partial charge in [0.1, 0.15) is 5.60 Å². The fraction of sp³-hybridized carbons (Fsp3) is 0.917. The predicted octanol–water partition coefficient (Wildman–Crippen LogP) is 1.25. The summed E-state index contributed by atoms with van der Waals surface area (Å²) in [6.45, 7) is 8.00. The average molecular weight is 245 g/mol. The van der Waals surface area contributed by atoms with Crippen LogP contribution in [0.2, 0.25) is 0 Å². The van der Waals surface area contributed by atoms with Gasteiger partial charge in [0.05, 0.1) is 19.8 Å². The Labute approximate surface area is 103 Å². The molecule has 1 aliphatic rings. The molecule has 0 saturated carbocycles. The molecule has 1 saturated heterocycles. The quantitative estimate of drug-likeness (QED) is 0.757. The first-order chi connectivity index (χ1) is 7.92. The molecule has 1 amide bonds. The SMILES string of the molecule is CC(C)(C)OC(=O)N1CC[C@H](COCCO)C1. The van der Waals surface area contributed by atoms with Crippen LogP contribution >= 0.6 is 0 Å². The van der Waals surface area contributed by atoms with Crippen LogP contribution in [0.3, 0.4) is 0 Å². The van der Waals surface area contributed by atoms with Gasteiger partial charge in [0.25, 0.3) is 0 Å². The largest absolute Gasteiger partial charge is 0.444 e. The number of amides is 1. The molecule has 1 N–H and O–H groups in total. The second-order valence-corrected chi connectivity index (χ2v) is 5.38. The van der Waals surface area contributed by atoms with Crippen molar-refractivity contribution in [3.63, 3.8) is 0 Å². The number of carbonyl (C=O) groups excluding carboxylic acids is 1. The maximum Gasteiger partial charge on any atom is 0.410 e. The van der Waals surface area contributed by atoms with Gasteiger partial charge in [-0.05, 0) is 27.2 Å². The van der Waals surface area contributed by atoms with Crippen molar-refractivity contribution in [2.24, 2.45) is 5.92 Å². The van der Waals surface area contributed by atoms with Crippen LogP contribution in [0, 0.1) is 5.92 Å². The van der Waals surface area contributed by atoms with Crippen molar-refractivity contribution in [2.45, 2.75) is 32.8 Å². The Kier molecular flexibility index (Phi) is 5.21. The molecule has 1 aliphatic heterocycles. The molecule has 17 heavy (non-hydrogen) atoms. The molecular weight excluding hydrogens is 222 g/mol. The van der Waals surface area contributed by atoms with Crippen molar-refractivity contribution in [3.8, 4) is 0 Å². The number of nitrogens with zero attached hydrogens (tertiary/aromatic N) is 1. The maximum absolute atomic E-state index is 11.8. The van der Waals surface area contributed by atoms with E-state index in [0.29, 0.717) is 25.7 Å². The summed E-state index contributed by atoms with van der Waals surface area (Å²) in [6.07, 6.45) is 0.687. The van der Waals surface area contributed by atoms with E-state index in [-0.39, 0.29) is 12.7 Å². The molecule has 0 aromatic carbocycles. The number of aliphatic hydroxyl groups is 1. The fourth-order valence-electron chi connectivity index (χ4n) is 1.78. The predicted molar refractivity (Wildman–Crippen MR) is 63.8 cm³/mol. The van der Waals surface area contributed by atoms with Crippen molar-refractivity contribution in [1.29, 1.82) is 0 Å². The minimum absolute atomic E-state index is 0.0441. The molecule has 0 bridgehead atoms. The second-order valence-electron chi connectivity index (χ2n) is 5.38. The molecule has 5 nitrogen and oxygen atoms in total. The monoisotopic (exact) mass is 245 g/mol. The van der Waals surface area contributed by atoms with Crippen LogP contribution in [0.1, 0.15) is 27.2 Å². The lowest BCUT2D eigenvalue weighted by Gasteiger charge is -2.24. The number of carbonyl (C=O) groups is 1. The van der Waals surface area contributed by atoms with E-state index in [4.69, 9.17) is 14.6 Å². The highest BCUT2D eigenvalue weighted by molar-refractivity contribution is 5.68. The fourth-order valence-corrected chi connectivity index (χ4v) is 1.78. The molecule has 0 spiro atoms. The van der Waals surface area contributed by atoms with E-state index in [1.165, 1.54) is 0 Å². The standard InChI is InChI=1S/C12H23NO4/c1-12(2,3)17-11(15)13-5-4-10(8-13)9-16-7-6-14/h10,14H,4-9H2,1-3H3/t10-/m0/s1. The van der Waals surface area contributed by atoms with Gasteiger partial charge >= 0.3 is 6.09 Å². The smallest absolute Gasteiger partial charge is 0.410 e. The van der Waals surface area contributed by atoms with Crippen LogP contribution in [0.4, 0.5) is 4.79 Å². The number of ether oxygens (including phenoxy) is 2. The summed E-state index contributed by atoms with van der Waals surface area (Å²) in [5.41, 5.74) is -0.442. The normalized spacial score (nSPS) is 20.7. The summed E-state index contributed by atoms with van der Waals surface area (Å²) in [5, 5.41) is 8.60. The topological polar surface area (TPSA) is 59.0 Å². The number of aliphatic hydroxyl groups excluding tert-OH is 1. The number of likely N-dealkylation sites (tertiary alicyclic amines) is 1. The first-order valence-corrected chi connectivity index (χ1v) is 6.09. The second kappa shape index (κ2) is 6.21. The zero-order chi connectivity index (χ0) is 12.9. The van der Waals surface area contributed by atoms with Crippen molar-refractivity contribution < 1.29 is 19.4 Å². The average Bonchev–Trinajstić information content (AvgIpc) is 2.64. The van der Waals surface area contributed by atoms with E-state index in [1.807, 2.05) is 20.8 Å². The summed E-state index contributed by atoms with van der Waals surface area (Å²) >= 11 is 0. The van der Waals surface area contributed by atoms with E-state index >= 15 is 0 Å². The summed E-state index contributed by atoms with van der Waals surface area (Å²) in [5.74, 6) is 0.356. The Morgan fingerprint density at radius 3 is 2.76 bits per heavy atom. The maximum atomic E-state index is 11.8. The van der Waals surface area contributed by atoms with E-state index in [2.05, 4.69) is 0 Å². The van der Waals surface area contributed by atoms with Gasteiger partial charge in [0.2, 0.25) is 0 Å². The lowest BCUT2D eigenvalue weighted by molar-refractivity contribution is 0.0267. The lowest BCUT2D eigenvalue weighted by atomic mass is 10.1. The van der Waals surface area contributed by atoms with E-state index in [1.54, 1.807) is 4.90 Å². The third kappa shape index (κ3) is 5.37. The molecule has 1 atom stereocenters. The van der Waals surface area contributed by atoms with Gasteiger partial charge in [-0.2, -0.15) is 0 Å². The van der Waals surface area contributed by atoms with Crippen LogP contribution in [0.5, 0.6) is 0 Å². The first-order valence-electron chi connectivity index (χ1n) is 6.09. The van der Waals surface area contributed by atoms with Gasteiger partial charge in [-0.3, -0.25) is 0 Å². The number of hydrogen-bond donors (Lipinski definition) is 1. The van der Waals surface area contributed by atoms with Gasteiger partial charge in [-0.15, -0.1) is 0 Å². The van der Waals surface area contributed by atoms with Crippen molar-refractivity contribution in [1.82, 2.24) is 4.90 Å². The molecule has 1 fully saturated rings. The van der Waals surface area contributed by atoms with Gasteiger partial charge in [0, 0.05) is 19.0 Å². The first kappa shape index (κ1) is 14.3. The zero-order valence-electron chi connectivity index (χ0n) is 10.9. The van der Waals surface area contributed by atoms with Crippen LogP contribution in [0.15, 0.2) is 0 Å². The van der Waals surface area contributed by atoms with Crippen molar-refractivity contribution >= 4 is 6.09 Å². The molecule has 5 heteroatoms. The Morgan fingerprint density at radius 2 is 2.18 bits per heavy atom. The molecule has 0 radical (unpaired) electrons. The zero-order valence-corrected chi connectivity index (χ0v) is 10.9. The van der Waals surface area contributed by atoms with Gasteiger partial charge in [-0.25, -0.2) is 4.79 Å². The summed E-state index contributed by atoms with van der Waals surface area (Å²) in [4.78, 5) is 13.5. The lowest BCUT2D eigenvalue weighted by Crippen LogP contribution is -2.35. The number of rotatable bonds is 4. The van der Waals surface area contributed by atoms with Crippen LogP contribution in [0.25, 0.3) is 0 Å². The minimum atomic E-state index is -0.442. The Balaban J connectivity index is 2.27. The highest BCUT2D eigenvalue weighted by Crippen LogP contribution is 2.19. The molecule has 0 unspecified atom stereocenters. The van der Waals surface area contributed by atoms with Gasteiger partial charge < -0.3 is 19.5 Å². The van der Waals surface area contributed by atoms with E-state index < -0.39 is 5.60 Å². The van der Waals surface area contributed by atoms with Crippen molar-refractivity contribution in [2.75, 3.05) is 32.9 Å². The summed E-state index contributed by atoms with van der Waals surface area (Å²) in [7, 11) is 0. The van der Waals surface area contributed by atoms with Crippen LogP contribution < -0.4 is 0 Å². The Hall–Kier alpha value is -0.810. The van der Waals surface area contributed by atoms with Crippen molar-refractivity contribution in [3.05, 3.63) is 0 Å². The third-order valence-corrected chi connectivity index (χ3v) is 2.53. The van der Waals surface area contributed by atoms with Gasteiger partial charge in [-0.1, -0.05) is 0 Å². The highest BCUT2D eigenvalue weighted by atomic mass is 16.6.